The summed E-state index contributed by atoms with van der Waals surface area (Å²) >= 11 is 0. The second-order valence-corrected chi connectivity index (χ2v) is 7.93. The standard InChI is InChI=1S/C19H23NO5/c1-19-8-7-10-11(14(19)5-6-16(19)21)3-4-12-13(10)9-15(25-2)18(22)17(12)20(23)24/h9-11,14,22H,3-8H2,1-2H3. The summed E-state index contributed by atoms with van der Waals surface area (Å²) in [6.07, 6.45) is 4.72. The number of fused-ring (bicyclic) bond motifs is 5. The number of ketones is 1. The highest BCUT2D eigenvalue weighted by Gasteiger charge is 2.55. The maximum Gasteiger partial charge on any atom is 0.318 e. The fourth-order valence-corrected chi connectivity index (χ4v) is 5.80. The molecule has 6 heteroatoms. The van der Waals surface area contributed by atoms with Crippen LogP contribution in [0.5, 0.6) is 11.5 Å². The van der Waals surface area contributed by atoms with Crippen molar-refractivity contribution < 1.29 is 19.6 Å². The lowest BCUT2D eigenvalue weighted by Crippen LogP contribution is -2.42. The molecule has 2 saturated carbocycles. The molecule has 1 aromatic rings. The third-order valence-corrected chi connectivity index (χ3v) is 7.05. The zero-order chi connectivity index (χ0) is 17.9. The number of Topliss-reactive ketones (excluding diaryl/α,β-unsaturated/α-hetero) is 1. The van der Waals surface area contributed by atoms with Crippen molar-refractivity contribution in [3.63, 3.8) is 0 Å². The topological polar surface area (TPSA) is 89.7 Å². The fourth-order valence-electron chi connectivity index (χ4n) is 5.80. The second kappa shape index (κ2) is 5.44. The van der Waals surface area contributed by atoms with Gasteiger partial charge in [-0.3, -0.25) is 14.9 Å². The highest BCUT2D eigenvalue weighted by Crippen LogP contribution is 2.61. The van der Waals surface area contributed by atoms with Crippen molar-refractivity contribution >= 4 is 11.5 Å². The van der Waals surface area contributed by atoms with Crippen LogP contribution in [0.1, 0.15) is 56.1 Å². The maximum absolute atomic E-state index is 12.4. The predicted octanol–water partition coefficient (Wildman–Crippen LogP) is 3.73. The Labute approximate surface area is 146 Å². The molecule has 0 amide bonds. The number of ether oxygens (including phenoxy) is 1. The Morgan fingerprint density at radius 1 is 1.32 bits per heavy atom. The molecule has 3 aliphatic carbocycles. The zero-order valence-corrected chi connectivity index (χ0v) is 14.6. The van der Waals surface area contributed by atoms with Crippen molar-refractivity contribution in [2.24, 2.45) is 17.3 Å². The molecule has 0 bridgehead atoms. The summed E-state index contributed by atoms with van der Waals surface area (Å²) in [7, 11) is 1.42. The van der Waals surface area contributed by atoms with Gasteiger partial charge in [0, 0.05) is 17.4 Å². The number of carbonyl (C=O) groups excluding carboxylic acids is 1. The number of hydrogen-bond acceptors (Lipinski definition) is 5. The normalized spacial score (nSPS) is 33.4. The number of aromatic hydroxyl groups is 1. The molecule has 1 N–H and O–H groups in total. The number of phenolic OH excluding ortho intramolecular Hbond substituents is 1. The van der Waals surface area contributed by atoms with Crippen molar-refractivity contribution in [1.82, 2.24) is 0 Å². The molecule has 6 nitrogen and oxygen atoms in total. The summed E-state index contributed by atoms with van der Waals surface area (Å²) in [6.45, 7) is 2.11. The average Bonchev–Trinajstić information content (AvgIpc) is 2.89. The third kappa shape index (κ3) is 2.12. The Kier molecular flexibility index (Phi) is 3.56. The van der Waals surface area contributed by atoms with E-state index in [-0.39, 0.29) is 28.5 Å². The van der Waals surface area contributed by atoms with Crippen molar-refractivity contribution in [2.75, 3.05) is 7.11 Å². The molecule has 4 atom stereocenters. The van der Waals surface area contributed by atoms with Crippen LogP contribution in [0.2, 0.25) is 0 Å². The number of methoxy groups -OCH3 is 1. The quantitative estimate of drug-likeness (QED) is 0.651. The van der Waals surface area contributed by atoms with E-state index in [1.54, 1.807) is 6.07 Å². The van der Waals surface area contributed by atoms with E-state index in [1.807, 2.05) is 0 Å². The lowest BCUT2D eigenvalue weighted by atomic mass is 9.55. The zero-order valence-electron chi connectivity index (χ0n) is 14.6. The number of benzene rings is 1. The van der Waals surface area contributed by atoms with Crippen LogP contribution in [0.4, 0.5) is 5.69 Å². The first-order valence-electron chi connectivity index (χ1n) is 8.99. The number of rotatable bonds is 2. The molecule has 1 aromatic carbocycles. The van der Waals surface area contributed by atoms with Gasteiger partial charge in [-0.05, 0) is 61.5 Å². The van der Waals surface area contributed by atoms with E-state index in [0.717, 1.165) is 31.2 Å². The minimum atomic E-state index is -0.497. The Morgan fingerprint density at radius 3 is 2.76 bits per heavy atom. The SMILES string of the molecule is COc1cc2c(c([N+](=O)[O-])c1O)CCC1C2CCC2(C)C(=O)CCC12. The van der Waals surface area contributed by atoms with Gasteiger partial charge in [0.05, 0.1) is 12.0 Å². The Morgan fingerprint density at radius 2 is 2.08 bits per heavy atom. The predicted molar refractivity (Wildman–Crippen MR) is 90.9 cm³/mol. The van der Waals surface area contributed by atoms with Crippen LogP contribution >= 0.6 is 0 Å². The van der Waals surface area contributed by atoms with E-state index in [1.165, 1.54) is 7.11 Å². The largest absolute Gasteiger partial charge is 0.500 e. The molecule has 3 aliphatic rings. The van der Waals surface area contributed by atoms with Crippen molar-refractivity contribution in [2.45, 2.75) is 51.4 Å². The molecule has 0 aliphatic heterocycles. The molecule has 2 fully saturated rings. The number of nitrogens with zero attached hydrogens (tertiary/aromatic N) is 1. The molecule has 0 aromatic heterocycles. The number of phenols is 1. The summed E-state index contributed by atoms with van der Waals surface area (Å²) in [5.74, 6) is 1.14. The first-order chi connectivity index (χ1) is 11.9. The molecule has 134 valence electrons. The van der Waals surface area contributed by atoms with Crippen LogP contribution in [-0.4, -0.2) is 22.9 Å². The fraction of sp³-hybridized carbons (Fsp3) is 0.632. The molecule has 0 saturated heterocycles. The number of carbonyl (C=O) groups is 1. The monoisotopic (exact) mass is 345 g/mol. The van der Waals surface area contributed by atoms with Gasteiger partial charge in [-0.1, -0.05) is 6.92 Å². The van der Waals surface area contributed by atoms with Crippen molar-refractivity contribution in [1.29, 1.82) is 0 Å². The van der Waals surface area contributed by atoms with Crippen molar-refractivity contribution in [3.05, 3.63) is 27.3 Å². The minimum absolute atomic E-state index is 0.168. The van der Waals surface area contributed by atoms with Gasteiger partial charge in [-0.2, -0.15) is 0 Å². The lowest BCUT2D eigenvalue weighted by Gasteiger charge is -2.48. The molecule has 4 unspecified atom stereocenters. The molecule has 4 rings (SSSR count). The van der Waals surface area contributed by atoms with Crippen LogP contribution in [-0.2, 0) is 11.2 Å². The van der Waals surface area contributed by atoms with Gasteiger partial charge in [0.25, 0.3) is 0 Å². The van der Waals surface area contributed by atoms with E-state index in [0.29, 0.717) is 36.0 Å². The lowest BCUT2D eigenvalue weighted by molar-refractivity contribution is -0.386. The number of hydrogen-bond donors (Lipinski definition) is 1. The van der Waals surface area contributed by atoms with E-state index in [9.17, 15) is 20.0 Å². The first-order valence-corrected chi connectivity index (χ1v) is 8.99. The van der Waals surface area contributed by atoms with E-state index in [4.69, 9.17) is 4.74 Å². The Bertz CT molecular complexity index is 774. The van der Waals surface area contributed by atoms with E-state index in [2.05, 4.69) is 6.92 Å². The smallest absolute Gasteiger partial charge is 0.318 e. The van der Waals surface area contributed by atoms with Gasteiger partial charge in [-0.25, -0.2) is 0 Å². The number of nitro benzene ring substituents is 1. The summed E-state index contributed by atoms with van der Waals surface area (Å²) in [5, 5.41) is 21.8. The molecular weight excluding hydrogens is 322 g/mol. The summed E-state index contributed by atoms with van der Waals surface area (Å²) in [4.78, 5) is 23.4. The van der Waals surface area contributed by atoms with E-state index < -0.39 is 4.92 Å². The van der Waals surface area contributed by atoms with Gasteiger partial charge in [-0.15, -0.1) is 0 Å². The molecule has 0 radical (unpaired) electrons. The van der Waals surface area contributed by atoms with Gasteiger partial charge in [0.15, 0.2) is 5.75 Å². The average molecular weight is 345 g/mol. The maximum atomic E-state index is 12.4. The van der Waals surface area contributed by atoms with Gasteiger partial charge >= 0.3 is 5.69 Å². The molecule has 0 spiro atoms. The highest BCUT2D eigenvalue weighted by atomic mass is 16.6. The third-order valence-electron chi connectivity index (χ3n) is 7.05. The Hall–Kier alpha value is -2.11. The molecule has 0 heterocycles. The number of nitro groups is 1. The minimum Gasteiger partial charge on any atom is -0.500 e. The van der Waals surface area contributed by atoms with Crippen LogP contribution in [0.3, 0.4) is 0 Å². The molecule has 25 heavy (non-hydrogen) atoms. The van der Waals surface area contributed by atoms with Crippen LogP contribution in [0.25, 0.3) is 0 Å². The second-order valence-electron chi connectivity index (χ2n) is 7.93. The summed E-state index contributed by atoms with van der Waals surface area (Å²) in [5.41, 5.74) is 1.17. The molecular formula is C19H23NO5. The first kappa shape index (κ1) is 16.4. The van der Waals surface area contributed by atoms with Crippen LogP contribution in [0, 0.1) is 27.4 Å². The van der Waals surface area contributed by atoms with Gasteiger partial charge in [0.1, 0.15) is 5.78 Å². The van der Waals surface area contributed by atoms with Crippen LogP contribution in [0.15, 0.2) is 6.07 Å². The van der Waals surface area contributed by atoms with Crippen molar-refractivity contribution in [3.8, 4) is 11.5 Å². The van der Waals surface area contributed by atoms with E-state index >= 15 is 0 Å². The highest BCUT2D eigenvalue weighted by molar-refractivity contribution is 5.87. The van der Waals surface area contributed by atoms with Gasteiger partial charge in [0.2, 0.25) is 5.75 Å². The van der Waals surface area contributed by atoms with Gasteiger partial charge < -0.3 is 9.84 Å². The summed E-state index contributed by atoms with van der Waals surface area (Å²) in [6, 6.07) is 1.79. The van der Waals surface area contributed by atoms with Crippen LogP contribution < -0.4 is 4.74 Å². The Balaban J connectivity index is 1.82. The summed E-state index contributed by atoms with van der Waals surface area (Å²) < 4.78 is 5.20.